The number of carbonyl (C=O) groups is 3. The molecular weight excluding hydrogens is 474 g/mol. The first-order valence-corrected chi connectivity index (χ1v) is 12.5. The molecule has 1 N–H and O–H groups in total. The molecule has 2 aliphatic rings. The van der Waals surface area contributed by atoms with Crippen LogP contribution in [0.2, 0.25) is 0 Å². The second kappa shape index (κ2) is 9.84. The largest absolute Gasteiger partial charge is 0.449 e. The minimum Gasteiger partial charge on any atom is -0.449 e. The quantitative estimate of drug-likeness (QED) is 0.213. The Morgan fingerprint density at radius 2 is 1.29 bits per heavy atom. The van der Waals surface area contributed by atoms with Gasteiger partial charge >= 0.3 is 6.09 Å². The van der Waals surface area contributed by atoms with Crippen LogP contribution < -0.4 is 5.32 Å². The van der Waals surface area contributed by atoms with Crippen LogP contribution in [0, 0.1) is 11.8 Å². The maximum absolute atomic E-state index is 12.5. The van der Waals surface area contributed by atoms with E-state index >= 15 is 0 Å². The fraction of sp³-hybridized carbons (Fsp3) is 0.121. The molecule has 1 amide bonds. The van der Waals surface area contributed by atoms with Crippen LogP contribution in [0.3, 0.4) is 0 Å². The summed E-state index contributed by atoms with van der Waals surface area (Å²) in [6.45, 7) is 0.619. The molecule has 0 heterocycles. The predicted molar refractivity (Wildman–Crippen MR) is 145 cm³/mol. The number of amides is 1. The van der Waals surface area contributed by atoms with Gasteiger partial charge in [0.05, 0.1) is 0 Å². The van der Waals surface area contributed by atoms with Crippen LogP contribution in [0.25, 0.3) is 22.3 Å². The molecule has 0 atom stereocenters. The van der Waals surface area contributed by atoms with Gasteiger partial charge in [0.25, 0.3) is 0 Å². The highest BCUT2D eigenvalue weighted by molar-refractivity contribution is 6.53. The van der Waals surface area contributed by atoms with Gasteiger partial charge < -0.3 is 10.1 Å². The number of benzene rings is 4. The fourth-order valence-electron chi connectivity index (χ4n) is 5.24. The topological polar surface area (TPSA) is 72.5 Å². The molecule has 0 unspecified atom stereocenters. The zero-order chi connectivity index (χ0) is 26.1. The first-order valence-electron chi connectivity index (χ1n) is 12.5. The Morgan fingerprint density at radius 3 is 1.97 bits per heavy atom. The third-order valence-corrected chi connectivity index (χ3v) is 7.03. The van der Waals surface area contributed by atoms with E-state index in [1.807, 2.05) is 42.5 Å². The summed E-state index contributed by atoms with van der Waals surface area (Å²) in [5, 5.41) is 2.77. The van der Waals surface area contributed by atoms with Gasteiger partial charge in [0.2, 0.25) is 11.6 Å². The van der Waals surface area contributed by atoms with Crippen molar-refractivity contribution in [1.29, 1.82) is 0 Å². The lowest BCUT2D eigenvalue weighted by atomic mass is 9.83. The molecule has 6 rings (SSSR count). The monoisotopic (exact) mass is 497 g/mol. The van der Waals surface area contributed by atoms with E-state index in [4.69, 9.17) is 4.74 Å². The van der Waals surface area contributed by atoms with Gasteiger partial charge in [-0.3, -0.25) is 9.59 Å². The standard InChI is InChI=1S/C33H23NO4/c35-31-27-15-6-5-14-26(27)29-19-21(16-17-28(29)32(31)36)9-7-8-18-34-33(37)38-20-30-24-12-3-1-10-22(24)23-11-2-4-13-25(23)30/h1-6,10-17,19,30H,8,18,20H2,(H,34,37). The van der Waals surface area contributed by atoms with Crippen LogP contribution in [0.15, 0.2) is 91.0 Å². The third kappa shape index (κ3) is 4.16. The SMILES string of the molecule is O=C(NCCC#Cc1ccc2c(c1)-c1ccccc1C(=O)C2=O)OCC1c2ccccc2-c2ccccc21. The number of nitrogens with one attached hydrogen (secondary N) is 1. The van der Waals surface area contributed by atoms with Gasteiger partial charge in [-0.2, -0.15) is 0 Å². The molecule has 0 saturated carbocycles. The van der Waals surface area contributed by atoms with E-state index in [1.165, 1.54) is 22.3 Å². The van der Waals surface area contributed by atoms with Crippen LogP contribution in [0.4, 0.5) is 4.79 Å². The van der Waals surface area contributed by atoms with Crippen molar-refractivity contribution in [2.45, 2.75) is 12.3 Å². The smallest absolute Gasteiger partial charge is 0.407 e. The maximum Gasteiger partial charge on any atom is 0.407 e. The second-order valence-corrected chi connectivity index (χ2v) is 9.27. The number of ketones is 2. The minimum atomic E-state index is -0.495. The molecule has 38 heavy (non-hydrogen) atoms. The van der Waals surface area contributed by atoms with Crippen LogP contribution in [-0.2, 0) is 4.74 Å². The fourth-order valence-corrected chi connectivity index (χ4v) is 5.24. The van der Waals surface area contributed by atoms with Crippen molar-refractivity contribution in [3.63, 3.8) is 0 Å². The highest BCUT2D eigenvalue weighted by Crippen LogP contribution is 2.44. The van der Waals surface area contributed by atoms with Crippen LogP contribution in [-0.4, -0.2) is 30.8 Å². The molecule has 5 heteroatoms. The number of rotatable bonds is 4. The zero-order valence-electron chi connectivity index (χ0n) is 20.5. The van der Waals surface area contributed by atoms with Gasteiger partial charge in [-0.15, -0.1) is 0 Å². The number of fused-ring (bicyclic) bond motifs is 6. The Hall–Kier alpha value is -4.95. The number of hydrogen-bond acceptors (Lipinski definition) is 4. The van der Waals surface area contributed by atoms with Crippen LogP contribution in [0.1, 0.15) is 49.7 Å². The molecule has 0 spiro atoms. The lowest BCUT2D eigenvalue weighted by Gasteiger charge is -2.17. The van der Waals surface area contributed by atoms with Crippen molar-refractivity contribution >= 4 is 17.7 Å². The Kier molecular flexibility index (Phi) is 6.07. The zero-order valence-corrected chi connectivity index (χ0v) is 20.5. The molecular formula is C33H23NO4. The molecule has 4 aromatic rings. The van der Waals surface area contributed by atoms with Gasteiger partial charge in [0, 0.05) is 35.6 Å². The molecule has 5 nitrogen and oxygen atoms in total. The first-order chi connectivity index (χ1) is 18.6. The van der Waals surface area contributed by atoms with Gasteiger partial charge in [-0.05, 0) is 51.6 Å². The average Bonchev–Trinajstić information content (AvgIpc) is 3.28. The van der Waals surface area contributed by atoms with Crippen molar-refractivity contribution in [3.05, 3.63) is 119 Å². The Bertz CT molecular complexity index is 1630. The lowest BCUT2D eigenvalue weighted by molar-refractivity contribution is 0.0815. The number of ether oxygens (including phenoxy) is 1. The summed E-state index contributed by atoms with van der Waals surface area (Å²) in [7, 11) is 0. The normalized spacial score (nSPS) is 12.9. The summed E-state index contributed by atoms with van der Waals surface area (Å²) in [4.78, 5) is 37.2. The predicted octanol–water partition coefficient (Wildman–Crippen LogP) is 6.01. The summed E-state index contributed by atoms with van der Waals surface area (Å²) >= 11 is 0. The van der Waals surface area contributed by atoms with E-state index in [-0.39, 0.29) is 12.5 Å². The molecule has 184 valence electrons. The third-order valence-electron chi connectivity index (χ3n) is 7.03. The lowest BCUT2D eigenvalue weighted by Crippen LogP contribution is -2.26. The molecule has 0 aliphatic heterocycles. The van der Waals surface area contributed by atoms with Gasteiger partial charge in [0.15, 0.2) is 0 Å². The highest BCUT2D eigenvalue weighted by atomic mass is 16.5. The summed E-state index contributed by atoms with van der Waals surface area (Å²) < 4.78 is 5.56. The number of alkyl carbamates (subject to hydrolysis) is 1. The molecule has 0 aromatic heterocycles. The molecule has 0 fully saturated rings. The Morgan fingerprint density at radius 1 is 0.711 bits per heavy atom. The summed E-state index contributed by atoms with van der Waals surface area (Å²) in [6, 6.07) is 28.8. The van der Waals surface area contributed by atoms with Gasteiger partial charge in [-0.1, -0.05) is 84.6 Å². The van der Waals surface area contributed by atoms with Gasteiger partial charge in [0.1, 0.15) is 6.61 Å². The van der Waals surface area contributed by atoms with Crippen molar-refractivity contribution < 1.29 is 19.1 Å². The Balaban J connectivity index is 1.05. The van der Waals surface area contributed by atoms with Crippen molar-refractivity contribution in [1.82, 2.24) is 5.32 Å². The van der Waals surface area contributed by atoms with Gasteiger partial charge in [-0.25, -0.2) is 4.79 Å². The van der Waals surface area contributed by atoms with E-state index in [1.54, 1.807) is 24.3 Å². The second-order valence-electron chi connectivity index (χ2n) is 9.27. The Labute approximate surface area is 220 Å². The van der Waals surface area contributed by atoms with Crippen molar-refractivity contribution in [3.8, 4) is 34.1 Å². The number of carbonyl (C=O) groups excluding carboxylic acids is 3. The van der Waals surface area contributed by atoms with E-state index < -0.39 is 17.7 Å². The summed E-state index contributed by atoms with van der Waals surface area (Å²) in [5.41, 5.74) is 7.74. The minimum absolute atomic E-state index is 0.0178. The molecule has 0 radical (unpaired) electrons. The maximum atomic E-state index is 12.5. The van der Waals surface area contributed by atoms with E-state index in [2.05, 4.69) is 41.4 Å². The van der Waals surface area contributed by atoms with Crippen molar-refractivity contribution in [2.24, 2.45) is 0 Å². The van der Waals surface area contributed by atoms with Crippen LogP contribution >= 0.6 is 0 Å². The van der Waals surface area contributed by atoms with E-state index in [9.17, 15) is 14.4 Å². The van der Waals surface area contributed by atoms with E-state index in [0.717, 1.165) is 11.1 Å². The number of hydrogen-bond donors (Lipinski definition) is 1. The van der Waals surface area contributed by atoms with E-state index in [0.29, 0.717) is 29.7 Å². The molecule has 4 aromatic carbocycles. The molecule has 0 bridgehead atoms. The molecule has 2 aliphatic carbocycles. The first kappa shape index (κ1) is 23.4. The summed E-state index contributed by atoms with van der Waals surface area (Å²) in [6.07, 6.45) is -0.0304. The average molecular weight is 498 g/mol. The summed E-state index contributed by atoms with van der Waals surface area (Å²) in [5.74, 6) is 5.19. The van der Waals surface area contributed by atoms with Crippen LogP contribution in [0.5, 0.6) is 0 Å². The highest BCUT2D eigenvalue weighted by Gasteiger charge is 2.30. The molecule has 0 saturated heterocycles. The van der Waals surface area contributed by atoms with Crippen molar-refractivity contribution in [2.75, 3.05) is 13.2 Å². The number of Topliss-reactive ketones (excluding diaryl/α,β-unsaturated/α-hetero) is 2.